The van der Waals surface area contributed by atoms with Crippen molar-refractivity contribution in [1.82, 2.24) is 10.3 Å². The average Bonchev–Trinajstić information content (AvgIpc) is 3.39. The van der Waals surface area contributed by atoms with Crippen LogP contribution in [0.4, 0.5) is 0 Å². The van der Waals surface area contributed by atoms with Crippen LogP contribution in [-0.4, -0.2) is 21.8 Å². The van der Waals surface area contributed by atoms with Crippen molar-refractivity contribution in [1.29, 1.82) is 0 Å². The SMILES string of the molecule is O=C1N[C@]2(Oc3ccccc3[C@H]3CC(c4ccccc4)=NN32)S/C1=C/c1ccccc1. The molecule has 0 aliphatic carbocycles. The zero-order valence-electron chi connectivity index (χ0n) is 16.6. The third-order valence-corrected chi connectivity index (χ3v) is 6.86. The van der Waals surface area contributed by atoms with Gasteiger partial charge in [-0.1, -0.05) is 78.9 Å². The van der Waals surface area contributed by atoms with Crippen LogP contribution in [0.2, 0.25) is 0 Å². The predicted molar refractivity (Wildman–Crippen MR) is 122 cm³/mol. The van der Waals surface area contributed by atoms with Crippen LogP contribution in [0.25, 0.3) is 6.08 Å². The summed E-state index contributed by atoms with van der Waals surface area (Å²) in [7, 11) is 0. The molecular weight excluding hydrogens is 406 g/mol. The average molecular weight is 426 g/mol. The van der Waals surface area contributed by atoms with Crippen molar-refractivity contribution in [3.05, 3.63) is 107 Å². The lowest BCUT2D eigenvalue weighted by Gasteiger charge is -2.43. The summed E-state index contributed by atoms with van der Waals surface area (Å²) in [5.41, 5.74) is 4.12. The van der Waals surface area contributed by atoms with E-state index in [0.717, 1.165) is 34.6 Å². The molecule has 3 aliphatic heterocycles. The van der Waals surface area contributed by atoms with Crippen LogP contribution in [0.3, 0.4) is 0 Å². The maximum atomic E-state index is 12.9. The molecule has 2 atom stereocenters. The smallest absolute Gasteiger partial charge is 0.336 e. The molecule has 1 spiro atoms. The lowest BCUT2D eigenvalue weighted by molar-refractivity contribution is -0.127. The number of rotatable bonds is 2. The molecule has 3 aliphatic rings. The van der Waals surface area contributed by atoms with Crippen LogP contribution in [0.5, 0.6) is 5.75 Å². The number of para-hydroxylation sites is 1. The summed E-state index contributed by atoms with van der Waals surface area (Å²) in [5.74, 6) is 0.623. The molecule has 0 saturated carbocycles. The van der Waals surface area contributed by atoms with Gasteiger partial charge in [-0.05, 0) is 35.0 Å². The molecule has 3 aromatic carbocycles. The third kappa shape index (κ3) is 3.02. The van der Waals surface area contributed by atoms with Gasteiger partial charge in [0, 0.05) is 12.0 Å². The molecule has 31 heavy (non-hydrogen) atoms. The topological polar surface area (TPSA) is 53.9 Å². The molecule has 1 N–H and O–H groups in total. The molecule has 6 heteroatoms. The normalized spacial score (nSPS) is 25.1. The Balaban J connectivity index is 1.43. The van der Waals surface area contributed by atoms with E-state index in [2.05, 4.69) is 23.5 Å². The van der Waals surface area contributed by atoms with Gasteiger partial charge >= 0.3 is 5.18 Å². The van der Waals surface area contributed by atoms with Crippen molar-refractivity contribution in [2.45, 2.75) is 17.6 Å². The third-order valence-electron chi connectivity index (χ3n) is 5.69. The van der Waals surface area contributed by atoms with Crippen molar-refractivity contribution in [2.75, 3.05) is 0 Å². The van der Waals surface area contributed by atoms with Crippen molar-refractivity contribution in [2.24, 2.45) is 5.10 Å². The zero-order chi connectivity index (χ0) is 20.8. The minimum atomic E-state index is -1.10. The van der Waals surface area contributed by atoms with Gasteiger partial charge in [-0.2, -0.15) is 5.10 Å². The Morgan fingerprint density at radius 1 is 1.00 bits per heavy atom. The van der Waals surface area contributed by atoms with Gasteiger partial charge in [0.05, 0.1) is 16.7 Å². The molecule has 1 amide bonds. The number of amides is 1. The first-order valence-corrected chi connectivity index (χ1v) is 11.0. The number of hydrogen-bond donors (Lipinski definition) is 1. The van der Waals surface area contributed by atoms with E-state index in [9.17, 15) is 4.79 Å². The highest BCUT2D eigenvalue weighted by Crippen LogP contribution is 2.53. The maximum absolute atomic E-state index is 12.9. The number of carbonyl (C=O) groups excluding carboxylic acids is 1. The van der Waals surface area contributed by atoms with E-state index in [4.69, 9.17) is 9.84 Å². The second-order valence-electron chi connectivity index (χ2n) is 7.67. The first-order valence-electron chi connectivity index (χ1n) is 10.2. The van der Waals surface area contributed by atoms with E-state index < -0.39 is 5.18 Å². The molecule has 1 saturated heterocycles. The number of benzene rings is 3. The summed E-state index contributed by atoms with van der Waals surface area (Å²) in [4.78, 5) is 13.6. The molecule has 5 nitrogen and oxygen atoms in total. The van der Waals surface area contributed by atoms with Crippen molar-refractivity contribution >= 4 is 29.5 Å². The zero-order valence-corrected chi connectivity index (χ0v) is 17.4. The van der Waals surface area contributed by atoms with Crippen LogP contribution in [0.1, 0.15) is 29.2 Å². The molecule has 152 valence electrons. The van der Waals surface area contributed by atoms with E-state index in [-0.39, 0.29) is 11.9 Å². The van der Waals surface area contributed by atoms with Gasteiger partial charge in [0.2, 0.25) is 0 Å². The summed E-state index contributed by atoms with van der Waals surface area (Å²) < 4.78 is 6.43. The van der Waals surface area contributed by atoms with E-state index >= 15 is 0 Å². The fraction of sp³-hybridized carbons (Fsp3) is 0.120. The first kappa shape index (κ1) is 18.3. The molecular formula is C25H19N3O2S. The number of hydrogen-bond acceptors (Lipinski definition) is 5. The van der Waals surface area contributed by atoms with Crippen molar-refractivity contribution in [3.8, 4) is 5.75 Å². The summed E-state index contributed by atoms with van der Waals surface area (Å²) in [6.07, 6.45) is 2.64. The second-order valence-corrected chi connectivity index (χ2v) is 8.87. The lowest BCUT2D eigenvalue weighted by atomic mass is 9.97. The fourth-order valence-electron chi connectivity index (χ4n) is 4.25. The van der Waals surface area contributed by atoms with Crippen LogP contribution < -0.4 is 10.1 Å². The first-order chi connectivity index (χ1) is 15.2. The van der Waals surface area contributed by atoms with Gasteiger partial charge < -0.3 is 4.74 Å². The Hall–Kier alpha value is -3.51. The molecule has 3 heterocycles. The molecule has 1 fully saturated rings. The summed E-state index contributed by atoms with van der Waals surface area (Å²) >= 11 is 1.37. The Morgan fingerprint density at radius 3 is 2.52 bits per heavy atom. The number of hydrazone groups is 1. The van der Waals surface area contributed by atoms with Crippen LogP contribution in [-0.2, 0) is 4.79 Å². The highest BCUT2D eigenvalue weighted by Gasteiger charge is 2.57. The van der Waals surface area contributed by atoms with Gasteiger partial charge in [-0.25, -0.2) is 5.01 Å². The molecule has 0 radical (unpaired) electrons. The number of ether oxygens (including phenoxy) is 1. The van der Waals surface area contributed by atoms with Crippen LogP contribution >= 0.6 is 11.8 Å². The van der Waals surface area contributed by atoms with Gasteiger partial charge in [0.15, 0.2) is 0 Å². The van der Waals surface area contributed by atoms with Crippen molar-refractivity contribution < 1.29 is 9.53 Å². The highest BCUT2D eigenvalue weighted by atomic mass is 32.2. The van der Waals surface area contributed by atoms with Crippen LogP contribution in [0.15, 0.2) is 94.9 Å². The quantitative estimate of drug-likeness (QED) is 0.603. The Morgan fingerprint density at radius 2 is 1.71 bits per heavy atom. The summed E-state index contributed by atoms with van der Waals surface area (Å²) in [6, 6.07) is 28.0. The Bertz CT molecular complexity index is 1230. The van der Waals surface area contributed by atoms with Crippen LogP contribution in [0, 0.1) is 0 Å². The Labute approximate surface area is 184 Å². The Kier molecular flexibility index (Phi) is 4.14. The number of carbonyl (C=O) groups is 1. The molecule has 0 aromatic heterocycles. The predicted octanol–water partition coefficient (Wildman–Crippen LogP) is 4.75. The number of nitrogens with one attached hydrogen (secondary N) is 1. The van der Waals surface area contributed by atoms with Gasteiger partial charge in [-0.15, -0.1) is 0 Å². The van der Waals surface area contributed by atoms with Gasteiger partial charge in [-0.3, -0.25) is 10.1 Å². The molecule has 6 rings (SSSR count). The van der Waals surface area contributed by atoms with E-state index in [1.807, 2.05) is 77.8 Å². The number of thioether (sulfide) groups is 1. The molecule has 0 unspecified atom stereocenters. The fourth-order valence-corrected chi connectivity index (χ4v) is 5.42. The second kappa shape index (κ2) is 7.03. The van der Waals surface area contributed by atoms with E-state index in [0.29, 0.717) is 4.91 Å². The lowest BCUT2D eigenvalue weighted by Crippen LogP contribution is -2.58. The van der Waals surface area contributed by atoms with E-state index in [1.165, 1.54) is 11.8 Å². The minimum Gasteiger partial charge on any atom is -0.439 e. The van der Waals surface area contributed by atoms with E-state index in [1.54, 1.807) is 0 Å². The summed E-state index contributed by atoms with van der Waals surface area (Å²) in [6.45, 7) is 0. The molecule has 0 bridgehead atoms. The minimum absolute atomic E-state index is 0.0102. The standard InChI is InChI=1S/C25H19N3O2S/c29-24-23(15-17-9-3-1-4-10-17)31-25(26-24)28-21(19-13-7-8-14-22(19)30-25)16-20(27-28)18-11-5-2-6-12-18/h1-15,21H,16H2,(H,26,29)/b23-15+/t21-,25+/m1/s1. The van der Waals surface area contributed by atoms with Gasteiger partial charge in [0.25, 0.3) is 5.91 Å². The molecule has 3 aromatic rings. The number of fused-ring (bicyclic) bond motifs is 4. The highest BCUT2D eigenvalue weighted by molar-refractivity contribution is 8.05. The monoisotopic (exact) mass is 425 g/mol. The largest absolute Gasteiger partial charge is 0.439 e. The summed E-state index contributed by atoms with van der Waals surface area (Å²) in [5, 5.41) is 8.85. The number of nitrogens with zero attached hydrogens (tertiary/aromatic N) is 2. The maximum Gasteiger partial charge on any atom is 0.336 e. The van der Waals surface area contributed by atoms with Gasteiger partial charge in [0.1, 0.15) is 5.75 Å². The van der Waals surface area contributed by atoms with Crippen molar-refractivity contribution in [3.63, 3.8) is 0 Å².